The van der Waals surface area contributed by atoms with E-state index in [4.69, 9.17) is 4.42 Å². The molecule has 3 aromatic rings. The summed E-state index contributed by atoms with van der Waals surface area (Å²) in [6.45, 7) is 1.97. The highest BCUT2D eigenvalue weighted by Crippen LogP contribution is 2.27. The summed E-state index contributed by atoms with van der Waals surface area (Å²) < 4.78 is 5.83. The van der Waals surface area contributed by atoms with Crippen LogP contribution in [0.3, 0.4) is 0 Å². The molecule has 3 nitrogen and oxygen atoms in total. The van der Waals surface area contributed by atoms with Crippen molar-refractivity contribution in [2.45, 2.75) is 13.0 Å². The van der Waals surface area contributed by atoms with Crippen molar-refractivity contribution in [2.24, 2.45) is 0 Å². The molecule has 0 aliphatic rings. The van der Waals surface area contributed by atoms with Crippen molar-refractivity contribution < 1.29 is 9.21 Å². The molecule has 2 heterocycles. The average molecular weight is 285 g/mol. The normalized spacial score (nSPS) is 12.5. The van der Waals surface area contributed by atoms with Crippen LogP contribution in [0.5, 0.6) is 0 Å². The van der Waals surface area contributed by atoms with E-state index in [9.17, 15) is 4.79 Å². The standard InChI is InChI=1S/C16H15NO2S/c1-11(17(2)16(18)13-7-8-20-10-13)15-9-12-5-3-4-6-14(12)19-15/h3-11H,1-2H3. The number of thiophene rings is 1. The summed E-state index contributed by atoms with van der Waals surface area (Å²) in [6.07, 6.45) is 0. The number of carbonyl (C=O) groups excluding carboxylic acids is 1. The highest BCUT2D eigenvalue weighted by Gasteiger charge is 2.21. The summed E-state index contributed by atoms with van der Waals surface area (Å²) in [5.41, 5.74) is 1.58. The van der Waals surface area contributed by atoms with Crippen molar-refractivity contribution >= 4 is 28.2 Å². The smallest absolute Gasteiger partial charge is 0.255 e. The van der Waals surface area contributed by atoms with E-state index < -0.39 is 0 Å². The average Bonchev–Trinajstić information content (AvgIpc) is 3.13. The van der Waals surface area contributed by atoms with E-state index >= 15 is 0 Å². The molecule has 0 fully saturated rings. The van der Waals surface area contributed by atoms with Crippen molar-refractivity contribution in [3.05, 3.63) is 58.5 Å². The molecule has 0 aliphatic carbocycles. The second-order valence-electron chi connectivity index (χ2n) is 4.79. The Labute approximate surface area is 121 Å². The Bertz CT molecular complexity index is 697. The Hall–Kier alpha value is -2.07. The van der Waals surface area contributed by atoms with Crippen molar-refractivity contribution in [2.75, 3.05) is 7.05 Å². The van der Waals surface area contributed by atoms with Gasteiger partial charge in [-0.1, -0.05) is 18.2 Å². The van der Waals surface area contributed by atoms with Crippen LogP contribution in [0.1, 0.15) is 29.1 Å². The van der Waals surface area contributed by atoms with Gasteiger partial charge >= 0.3 is 0 Å². The predicted molar refractivity (Wildman–Crippen MR) is 81.0 cm³/mol. The first-order valence-electron chi connectivity index (χ1n) is 6.44. The number of rotatable bonds is 3. The van der Waals surface area contributed by atoms with Gasteiger partial charge in [-0.3, -0.25) is 4.79 Å². The maximum Gasteiger partial charge on any atom is 0.255 e. The van der Waals surface area contributed by atoms with Crippen molar-refractivity contribution in [1.82, 2.24) is 4.90 Å². The summed E-state index contributed by atoms with van der Waals surface area (Å²) in [6, 6.07) is 11.6. The lowest BCUT2D eigenvalue weighted by Crippen LogP contribution is -2.29. The predicted octanol–water partition coefficient (Wildman–Crippen LogP) is 4.33. The summed E-state index contributed by atoms with van der Waals surface area (Å²) in [5, 5.41) is 4.84. The number of carbonyl (C=O) groups is 1. The molecular weight excluding hydrogens is 270 g/mol. The molecule has 0 radical (unpaired) electrons. The van der Waals surface area contributed by atoms with Crippen LogP contribution in [0.2, 0.25) is 0 Å². The number of benzene rings is 1. The molecule has 0 bridgehead atoms. The van der Waals surface area contributed by atoms with E-state index in [-0.39, 0.29) is 11.9 Å². The van der Waals surface area contributed by atoms with Gasteiger partial charge in [0.15, 0.2) is 0 Å². The fraction of sp³-hybridized carbons (Fsp3) is 0.188. The van der Waals surface area contributed by atoms with Crippen LogP contribution >= 0.6 is 11.3 Å². The van der Waals surface area contributed by atoms with Crippen LogP contribution in [-0.4, -0.2) is 17.9 Å². The molecule has 0 saturated carbocycles. The van der Waals surface area contributed by atoms with Crippen molar-refractivity contribution in [1.29, 1.82) is 0 Å². The molecule has 2 aromatic heterocycles. The second-order valence-corrected chi connectivity index (χ2v) is 5.57. The number of fused-ring (bicyclic) bond motifs is 1. The molecule has 1 aromatic carbocycles. The van der Waals surface area contributed by atoms with Gasteiger partial charge in [0.2, 0.25) is 0 Å². The quantitative estimate of drug-likeness (QED) is 0.717. The van der Waals surface area contributed by atoms with Crippen LogP contribution < -0.4 is 0 Å². The van der Waals surface area contributed by atoms with E-state index in [2.05, 4.69) is 0 Å². The molecule has 3 rings (SSSR count). The molecule has 1 atom stereocenters. The van der Waals surface area contributed by atoms with Gasteiger partial charge in [0.05, 0.1) is 11.6 Å². The maximum absolute atomic E-state index is 12.3. The van der Waals surface area contributed by atoms with Crippen LogP contribution in [0.15, 0.2) is 51.6 Å². The number of hydrogen-bond donors (Lipinski definition) is 0. The molecule has 102 valence electrons. The molecule has 1 amide bonds. The highest BCUT2D eigenvalue weighted by molar-refractivity contribution is 7.08. The van der Waals surface area contributed by atoms with Crippen LogP contribution in [0, 0.1) is 0 Å². The Morgan fingerprint density at radius 2 is 2.10 bits per heavy atom. The topological polar surface area (TPSA) is 33.5 Å². The minimum absolute atomic E-state index is 0.0132. The second kappa shape index (κ2) is 5.13. The van der Waals surface area contributed by atoms with E-state index in [0.717, 1.165) is 22.3 Å². The number of hydrogen-bond acceptors (Lipinski definition) is 3. The molecule has 20 heavy (non-hydrogen) atoms. The van der Waals surface area contributed by atoms with Gasteiger partial charge < -0.3 is 9.32 Å². The summed E-state index contributed by atoms with van der Waals surface area (Å²) in [4.78, 5) is 14.0. The molecule has 0 N–H and O–H groups in total. The van der Waals surface area contributed by atoms with Crippen LogP contribution in [0.25, 0.3) is 11.0 Å². The molecule has 1 unspecified atom stereocenters. The van der Waals surface area contributed by atoms with Gasteiger partial charge in [0, 0.05) is 17.8 Å². The van der Waals surface area contributed by atoms with Gasteiger partial charge in [-0.15, -0.1) is 0 Å². The third-order valence-corrected chi connectivity index (χ3v) is 4.21. The van der Waals surface area contributed by atoms with Crippen molar-refractivity contribution in [3.63, 3.8) is 0 Å². The first kappa shape index (κ1) is 12.9. The number of para-hydroxylation sites is 1. The Morgan fingerprint density at radius 3 is 2.80 bits per heavy atom. The zero-order valence-electron chi connectivity index (χ0n) is 11.4. The lowest BCUT2D eigenvalue weighted by Gasteiger charge is -2.22. The Balaban J connectivity index is 1.87. The minimum Gasteiger partial charge on any atom is -0.459 e. The first-order valence-corrected chi connectivity index (χ1v) is 7.39. The molecular formula is C16H15NO2S. The summed E-state index contributed by atoms with van der Waals surface area (Å²) >= 11 is 1.53. The molecule has 0 saturated heterocycles. The van der Waals surface area contributed by atoms with Gasteiger partial charge in [0.1, 0.15) is 11.3 Å². The lowest BCUT2D eigenvalue weighted by molar-refractivity contribution is 0.0728. The van der Waals surface area contributed by atoms with Gasteiger partial charge in [-0.2, -0.15) is 11.3 Å². The van der Waals surface area contributed by atoms with Gasteiger partial charge in [0.25, 0.3) is 5.91 Å². The minimum atomic E-state index is -0.102. The highest BCUT2D eigenvalue weighted by atomic mass is 32.1. The monoisotopic (exact) mass is 285 g/mol. The Morgan fingerprint density at radius 1 is 1.30 bits per heavy atom. The van der Waals surface area contributed by atoms with Gasteiger partial charge in [-0.05, 0) is 30.5 Å². The largest absolute Gasteiger partial charge is 0.459 e. The zero-order valence-corrected chi connectivity index (χ0v) is 12.2. The fourth-order valence-electron chi connectivity index (χ4n) is 2.16. The molecule has 4 heteroatoms. The van der Waals surface area contributed by atoms with Crippen LogP contribution in [0.4, 0.5) is 0 Å². The summed E-state index contributed by atoms with van der Waals surface area (Å²) in [5.74, 6) is 0.816. The van der Waals surface area contributed by atoms with E-state index in [1.807, 2.05) is 54.1 Å². The molecule has 0 spiro atoms. The number of nitrogens with zero attached hydrogens (tertiary/aromatic N) is 1. The Kier molecular flexibility index (Phi) is 3.32. The van der Waals surface area contributed by atoms with E-state index in [1.54, 1.807) is 11.9 Å². The third-order valence-electron chi connectivity index (χ3n) is 3.53. The number of furan rings is 1. The van der Waals surface area contributed by atoms with Crippen LogP contribution in [-0.2, 0) is 0 Å². The maximum atomic E-state index is 12.3. The van der Waals surface area contributed by atoms with E-state index in [0.29, 0.717) is 0 Å². The van der Waals surface area contributed by atoms with E-state index in [1.165, 1.54) is 11.3 Å². The SMILES string of the molecule is CC(c1cc2ccccc2o1)N(C)C(=O)c1ccsc1. The number of amides is 1. The van der Waals surface area contributed by atoms with Gasteiger partial charge in [-0.25, -0.2) is 0 Å². The fourth-order valence-corrected chi connectivity index (χ4v) is 2.79. The first-order chi connectivity index (χ1) is 9.66. The molecule has 0 aliphatic heterocycles. The third kappa shape index (κ3) is 2.23. The lowest BCUT2D eigenvalue weighted by atomic mass is 10.2. The summed E-state index contributed by atoms with van der Waals surface area (Å²) in [7, 11) is 1.80. The van der Waals surface area contributed by atoms with Crippen molar-refractivity contribution in [3.8, 4) is 0 Å². The zero-order chi connectivity index (χ0) is 14.1.